The summed E-state index contributed by atoms with van der Waals surface area (Å²) < 4.78 is 56.3. The van der Waals surface area contributed by atoms with Crippen molar-refractivity contribution in [3.05, 3.63) is 174 Å². The molecule has 1 aromatic heterocycles. The van der Waals surface area contributed by atoms with E-state index in [1.54, 1.807) is 36.4 Å². The summed E-state index contributed by atoms with van der Waals surface area (Å²) in [7, 11) is -4.02. The van der Waals surface area contributed by atoms with Crippen molar-refractivity contribution in [2.45, 2.75) is 67.8 Å². The highest BCUT2D eigenvalue weighted by molar-refractivity contribution is 7.90. The maximum absolute atomic E-state index is 14.3. The summed E-state index contributed by atoms with van der Waals surface area (Å²) in [6, 6.07) is 46.4. The van der Waals surface area contributed by atoms with Crippen LogP contribution in [0.3, 0.4) is 0 Å². The number of aromatic nitrogens is 1. The predicted molar refractivity (Wildman–Crippen MR) is 201 cm³/mol. The van der Waals surface area contributed by atoms with E-state index in [-0.39, 0.29) is 37.6 Å². The van der Waals surface area contributed by atoms with Crippen molar-refractivity contribution < 1.29 is 37.6 Å². The van der Waals surface area contributed by atoms with E-state index in [0.717, 1.165) is 22.1 Å². The lowest BCUT2D eigenvalue weighted by molar-refractivity contribution is -0.359. The molecule has 0 spiro atoms. The molecule has 1 saturated heterocycles. The summed E-state index contributed by atoms with van der Waals surface area (Å²) in [5.74, 6) is 0. The highest BCUT2D eigenvalue weighted by Gasteiger charge is 2.58. The van der Waals surface area contributed by atoms with E-state index in [4.69, 9.17) is 18.9 Å². The fraction of sp³-hybridized carbons (Fsp3) is 0.256. The fourth-order valence-electron chi connectivity index (χ4n) is 7.03. The second-order valence-electron chi connectivity index (χ2n) is 13.2. The van der Waals surface area contributed by atoms with Crippen LogP contribution >= 0.6 is 0 Å². The van der Waals surface area contributed by atoms with Crippen LogP contribution in [-0.2, 0) is 55.2 Å². The number of para-hydroxylation sites is 1. The smallest absolute Gasteiger partial charge is 0.268 e. The average Bonchev–Trinajstić information content (AvgIpc) is 3.59. The molecule has 2 heterocycles. The molecular weight excluding hydrogens is 691 g/mol. The molecular formula is C43H43NO8S. The molecule has 2 N–H and O–H groups in total. The van der Waals surface area contributed by atoms with Gasteiger partial charge in [-0.15, -0.1) is 0 Å². The quantitative estimate of drug-likeness (QED) is 0.121. The first kappa shape index (κ1) is 36.7. The van der Waals surface area contributed by atoms with Crippen LogP contribution in [0.25, 0.3) is 10.9 Å². The molecule has 274 valence electrons. The Labute approximate surface area is 310 Å². The third-order valence-corrected chi connectivity index (χ3v) is 11.5. The van der Waals surface area contributed by atoms with Gasteiger partial charge in [0.1, 0.15) is 23.9 Å². The summed E-state index contributed by atoms with van der Waals surface area (Å²) >= 11 is 0. The molecule has 0 radical (unpaired) electrons. The van der Waals surface area contributed by atoms with E-state index in [1.165, 1.54) is 3.97 Å². The molecule has 7 rings (SSSR count). The number of aryl methyl sites for hydroxylation is 1. The first-order valence-corrected chi connectivity index (χ1v) is 19.2. The minimum Gasteiger partial charge on any atom is -0.394 e. The topological polar surface area (TPSA) is 116 Å². The van der Waals surface area contributed by atoms with Crippen molar-refractivity contribution in [2.75, 3.05) is 6.61 Å². The van der Waals surface area contributed by atoms with E-state index < -0.39 is 46.8 Å². The fourth-order valence-corrected chi connectivity index (χ4v) is 8.62. The van der Waals surface area contributed by atoms with E-state index in [0.29, 0.717) is 11.2 Å². The van der Waals surface area contributed by atoms with Crippen LogP contribution in [0.15, 0.2) is 157 Å². The third-order valence-electron chi connectivity index (χ3n) is 9.75. The van der Waals surface area contributed by atoms with Crippen LogP contribution in [0.5, 0.6) is 0 Å². The lowest BCUT2D eigenvalue weighted by Gasteiger charge is -2.52. The van der Waals surface area contributed by atoms with Gasteiger partial charge in [0.25, 0.3) is 10.0 Å². The van der Waals surface area contributed by atoms with Crippen molar-refractivity contribution in [2.24, 2.45) is 0 Å². The zero-order chi connectivity index (χ0) is 36.7. The van der Waals surface area contributed by atoms with Crippen LogP contribution in [-0.4, -0.2) is 59.4 Å². The Morgan fingerprint density at radius 3 is 1.81 bits per heavy atom. The lowest BCUT2D eigenvalue weighted by atomic mass is 9.81. The first-order chi connectivity index (χ1) is 25.9. The lowest BCUT2D eigenvalue weighted by Crippen LogP contribution is -2.69. The van der Waals surface area contributed by atoms with Crippen molar-refractivity contribution in [3.8, 4) is 0 Å². The van der Waals surface area contributed by atoms with Gasteiger partial charge in [0, 0.05) is 11.1 Å². The minimum absolute atomic E-state index is 0.0738. The van der Waals surface area contributed by atoms with Crippen LogP contribution in [0, 0.1) is 0 Å². The summed E-state index contributed by atoms with van der Waals surface area (Å²) in [5.41, 5.74) is 2.10. The van der Waals surface area contributed by atoms with E-state index in [1.807, 2.05) is 115 Å². The Morgan fingerprint density at radius 2 is 1.21 bits per heavy atom. The largest absolute Gasteiger partial charge is 0.394 e. The van der Waals surface area contributed by atoms with Crippen molar-refractivity contribution in [1.82, 2.24) is 3.97 Å². The SMILES string of the molecule is O=S(=O)(c1ccccc1)n1c(CC[C@]2(OCc3ccccc3)[C@H](O)O[C@H](CO)[C@@H](OCc3ccccc3)[C@@H]2OCc2ccccc2)cc2ccccc21. The number of hydrogen-bond donors (Lipinski definition) is 2. The highest BCUT2D eigenvalue weighted by atomic mass is 32.2. The Hall–Kier alpha value is -4.65. The Bertz CT molecular complexity index is 2160. The van der Waals surface area contributed by atoms with Crippen LogP contribution < -0.4 is 0 Å². The molecule has 0 unspecified atom stereocenters. The number of benzene rings is 5. The zero-order valence-electron chi connectivity index (χ0n) is 29.2. The molecule has 0 bridgehead atoms. The Morgan fingerprint density at radius 1 is 0.679 bits per heavy atom. The van der Waals surface area contributed by atoms with Gasteiger partial charge in [-0.2, -0.15) is 0 Å². The van der Waals surface area contributed by atoms with E-state index in [2.05, 4.69) is 0 Å². The number of fused-ring (bicyclic) bond motifs is 1. The first-order valence-electron chi connectivity index (χ1n) is 17.7. The monoisotopic (exact) mass is 733 g/mol. The molecule has 53 heavy (non-hydrogen) atoms. The molecule has 10 heteroatoms. The van der Waals surface area contributed by atoms with Gasteiger partial charge >= 0.3 is 0 Å². The number of ether oxygens (including phenoxy) is 4. The van der Waals surface area contributed by atoms with Gasteiger partial charge in [-0.05, 0) is 53.8 Å². The highest BCUT2D eigenvalue weighted by Crippen LogP contribution is 2.41. The predicted octanol–water partition coefficient (Wildman–Crippen LogP) is 6.65. The van der Waals surface area contributed by atoms with Crippen molar-refractivity contribution in [3.63, 3.8) is 0 Å². The molecule has 1 aliphatic heterocycles. The van der Waals surface area contributed by atoms with Crippen molar-refractivity contribution in [1.29, 1.82) is 0 Å². The number of aliphatic hydroxyl groups is 2. The molecule has 0 aliphatic carbocycles. The molecule has 1 aliphatic rings. The van der Waals surface area contributed by atoms with Gasteiger partial charge in [0.05, 0.1) is 36.8 Å². The molecule has 5 aromatic carbocycles. The molecule has 0 amide bonds. The summed E-state index contributed by atoms with van der Waals surface area (Å²) in [4.78, 5) is 0.155. The normalized spacial score (nSPS) is 21.8. The van der Waals surface area contributed by atoms with E-state index >= 15 is 0 Å². The molecule has 9 nitrogen and oxygen atoms in total. The van der Waals surface area contributed by atoms with Gasteiger partial charge in [0.15, 0.2) is 6.29 Å². The maximum Gasteiger partial charge on any atom is 0.268 e. The molecule has 5 atom stereocenters. The van der Waals surface area contributed by atoms with E-state index in [9.17, 15) is 18.6 Å². The molecule has 1 fully saturated rings. The maximum atomic E-state index is 14.3. The molecule has 0 saturated carbocycles. The van der Waals surface area contributed by atoms with Gasteiger partial charge in [-0.1, -0.05) is 127 Å². The average molecular weight is 734 g/mol. The summed E-state index contributed by atoms with van der Waals surface area (Å²) in [6.45, 7) is -0.0152. The Balaban J connectivity index is 1.32. The van der Waals surface area contributed by atoms with Crippen molar-refractivity contribution >= 4 is 20.9 Å². The van der Waals surface area contributed by atoms with Crippen LogP contribution in [0.1, 0.15) is 28.8 Å². The van der Waals surface area contributed by atoms with Gasteiger partial charge in [0.2, 0.25) is 0 Å². The number of nitrogens with zero attached hydrogens (tertiary/aromatic N) is 1. The molecule has 6 aromatic rings. The van der Waals surface area contributed by atoms with Gasteiger partial charge in [-0.25, -0.2) is 12.4 Å². The Kier molecular flexibility index (Phi) is 11.5. The summed E-state index contributed by atoms with van der Waals surface area (Å²) in [5, 5.41) is 23.4. The van der Waals surface area contributed by atoms with Crippen LogP contribution in [0.2, 0.25) is 0 Å². The zero-order valence-corrected chi connectivity index (χ0v) is 30.0. The van der Waals surface area contributed by atoms with Gasteiger partial charge < -0.3 is 29.2 Å². The van der Waals surface area contributed by atoms with Gasteiger partial charge in [-0.3, -0.25) is 0 Å². The number of hydrogen-bond acceptors (Lipinski definition) is 8. The summed E-state index contributed by atoms with van der Waals surface area (Å²) in [6.07, 6.45) is -4.17. The third kappa shape index (κ3) is 8.00. The minimum atomic E-state index is -4.02. The number of aliphatic hydroxyl groups excluding tert-OH is 2. The van der Waals surface area contributed by atoms with Crippen LogP contribution in [0.4, 0.5) is 0 Å². The standard InChI is InChI=1S/C43H43NO8S/c45-28-39-40(49-29-32-15-5-1-6-16-32)41(50-30-33-17-7-2-8-18-33)43(42(46)52-39,51-31-34-19-9-3-10-20-34)26-25-36-27-35-21-13-14-24-38(35)44(36)53(47,48)37-22-11-4-12-23-37/h1-24,27,39-42,45-46H,25-26,28-31H2/t39-,40-,41+,42-,43-/m1/s1. The number of rotatable bonds is 15. The second-order valence-corrected chi connectivity index (χ2v) is 15.0. The second kappa shape index (κ2) is 16.6.